The second-order valence-electron chi connectivity index (χ2n) is 5.28. The second kappa shape index (κ2) is 6.35. The molecule has 0 spiro atoms. The fourth-order valence-corrected chi connectivity index (χ4v) is 2.93. The van der Waals surface area contributed by atoms with Crippen molar-refractivity contribution < 1.29 is 9.13 Å². The Labute approximate surface area is 123 Å². The highest BCUT2D eigenvalue weighted by Crippen LogP contribution is 2.34. The Kier molecular flexibility index (Phi) is 4.29. The highest BCUT2D eigenvalue weighted by molar-refractivity contribution is 5.31. The van der Waals surface area contributed by atoms with Crippen molar-refractivity contribution in [2.24, 2.45) is 5.84 Å². The first-order valence-electron chi connectivity index (χ1n) is 7.19. The van der Waals surface area contributed by atoms with E-state index in [2.05, 4.69) is 17.6 Å². The monoisotopic (exact) mass is 286 g/mol. The van der Waals surface area contributed by atoms with Gasteiger partial charge in [0.25, 0.3) is 0 Å². The number of hydrogen-bond donors (Lipinski definition) is 2. The Morgan fingerprint density at radius 1 is 1.19 bits per heavy atom. The van der Waals surface area contributed by atoms with Gasteiger partial charge in [0.1, 0.15) is 5.82 Å². The molecule has 0 amide bonds. The summed E-state index contributed by atoms with van der Waals surface area (Å²) in [6.07, 6.45) is 1.47. The lowest BCUT2D eigenvalue weighted by Gasteiger charge is -2.29. The smallest absolute Gasteiger partial charge is 0.128 e. The van der Waals surface area contributed by atoms with Gasteiger partial charge in [0, 0.05) is 5.56 Å². The number of halogens is 1. The molecule has 3 N–H and O–H groups in total. The molecule has 0 aliphatic carbocycles. The quantitative estimate of drug-likeness (QED) is 0.671. The third kappa shape index (κ3) is 2.97. The zero-order valence-corrected chi connectivity index (χ0v) is 11.8. The van der Waals surface area contributed by atoms with Crippen LogP contribution < -0.4 is 11.3 Å². The summed E-state index contributed by atoms with van der Waals surface area (Å²) in [4.78, 5) is 0. The summed E-state index contributed by atoms with van der Waals surface area (Å²) in [5.74, 6) is 5.39. The molecule has 0 radical (unpaired) electrons. The van der Waals surface area contributed by atoms with Crippen molar-refractivity contribution >= 4 is 0 Å². The molecule has 3 nitrogen and oxygen atoms in total. The van der Waals surface area contributed by atoms with E-state index in [0.717, 1.165) is 6.42 Å². The lowest BCUT2D eigenvalue weighted by Crippen LogP contribution is -2.31. The van der Waals surface area contributed by atoms with E-state index < -0.39 is 0 Å². The summed E-state index contributed by atoms with van der Waals surface area (Å²) in [6.45, 7) is 0.691. The van der Waals surface area contributed by atoms with Gasteiger partial charge in [0.2, 0.25) is 0 Å². The lowest BCUT2D eigenvalue weighted by molar-refractivity contribution is 0.0290. The van der Waals surface area contributed by atoms with Crippen LogP contribution in [0.3, 0.4) is 0 Å². The summed E-state index contributed by atoms with van der Waals surface area (Å²) in [5, 5.41) is 0. The van der Waals surface area contributed by atoms with Gasteiger partial charge in [-0.05, 0) is 30.0 Å². The van der Waals surface area contributed by atoms with Gasteiger partial charge >= 0.3 is 0 Å². The zero-order valence-electron chi connectivity index (χ0n) is 11.8. The number of nitrogens with one attached hydrogen (secondary N) is 1. The Bertz CT molecular complexity index is 617. The van der Waals surface area contributed by atoms with Crippen LogP contribution in [0.4, 0.5) is 4.39 Å². The molecule has 1 aliphatic rings. The summed E-state index contributed by atoms with van der Waals surface area (Å²) in [5.41, 5.74) is 5.78. The number of rotatable bonds is 4. The lowest BCUT2D eigenvalue weighted by atomic mass is 9.91. The van der Waals surface area contributed by atoms with Crippen LogP contribution in [0.1, 0.15) is 35.3 Å². The minimum Gasteiger partial charge on any atom is -0.373 e. The molecule has 0 aromatic heterocycles. The molecule has 0 fully saturated rings. The van der Waals surface area contributed by atoms with Gasteiger partial charge in [-0.3, -0.25) is 11.3 Å². The molecule has 0 saturated carbocycles. The van der Waals surface area contributed by atoms with Crippen LogP contribution in [-0.2, 0) is 11.2 Å². The SMILES string of the molecule is NNC(CC1OCCc2ccccc21)c1ccccc1F. The molecule has 1 heterocycles. The number of fused-ring (bicyclic) bond motifs is 1. The van der Waals surface area contributed by atoms with E-state index in [0.29, 0.717) is 18.6 Å². The number of ether oxygens (including phenoxy) is 1. The Morgan fingerprint density at radius 3 is 2.76 bits per heavy atom. The Hall–Kier alpha value is -1.75. The zero-order chi connectivity index (χ0) is 14.7. The average molecular weight is 286 g/mol. The number of hydrogen-bond acceptors (Lipinski definition) is 3. The van der Waals surface area contributed by atoms with Crippen LogP contribution in [0.25, 0.3) is 0 Å². The number of benzene rings is 2. The third-order valence-corrected chi connectivity index (χ3v) is 4.02. The fraction of sp³-hybridized carbons (Fsp3) is 0.294. The van der Waals surface area contributed by atoms with Crippen molar-refractivity contribution in [1.29, 1.82) is 0 Å². The van der Waals surface area contributed by atoms with E-state index in [-0.39, 0.29) is 18.0 Å². The first kappa shape index (κ1) is 14.2. The van der Waals surface area contributed by atoms with Crippen molar-refractivity contribution in [3.8, 4) is 0 Å². The van der Waals surface area contributed by atoms with E-state index in [1.54, 1.807) is 12.1 Å². The van der Waals surface area contributed by atoms with Crippen molar-refractivity contribution in [2.75, 3.05) is 6.61 Å². The summed E-state index contributed by atoms with van der Waals surface area (Å²) < 4.78 is 19.8. The molecule has 2 aromatic carbocycles. The van der Waals surface area contributed by atoms with Crippen molar-refractivity contribution in [3.05, 3.63) is 71.0 Å². The highest BCUT2D eigenvalue weighted by Gasteiger charge is 2.25. The Morgan fingerprint density at radius 2 is 1.95 bits per heavy atom. The minimum atomic E-state index is -0.276. The van der Waals surface area contributed by atoms with Crippen LogP contribution in [-0.4, -0.2) is 6.61 Å². The van der Waals surface area contributed by atoms with Gasteiger partial charge in [0.05, 0.1) is 18.8 Å². The van der Waals surface area contributed by atoms with Crippen LogP contribution in [0.2, 0.25) is 0 Å². The van der Waals surface area contributed by atoms with Gasteiger partial charge in [-0.2, -0.15) is 0 Å². The molecule has 2 aromatic rings. The predicted octanol–water partition coefficient (Wildman–Crippen LogP) is 3.03. The first-order valence-corrected chi connectivity index (χ1v) is 7.19. The molecule has 2 unspecified atom stereocenters. The highest BCUT2D eigenvalue weighted by atomic mass is 19.1. The predicted molar refractivity (Wildman–Crippen MR) is 79.9 cm³/mol. The van der Waals surface area contributed by atoms with E-state index in [9.17, 15) is 4.39 Å². The van der Waals surface area contributed by atoms with Crippen LogP contribution in [0.5, 0.6) is 0 Å². The Balaban J connectivity index is 1.84. The van der Waals surface area contributed by atoms with Crippen LogP contribution in [0.15, 0.2) is 48.5 Å². The normalized spacial score (nSPS) is 19.0. The maximum absolute atomic E-state index is 13.9. The number of nitrogens with two attached hydrogens (primary N) is 1. The second-order valence-corrected chi connectivity index (χ2v) is 5.28. The van der Waals surface area contributed by atoms with Crippen molar-refractivity contribution in [2.45, 2.75) is 25.0 Å². The molecule has 21 heavy (non-hydrogen) atoms. The maximum atomic E-state index is 13.9. The van der Waals surface area contributed by atoms with Crippen molar-refractivity contribution in [1.82, 2.24) is 5.43 Å². The molecule has 0 saturated heterocycles. The van der Waals surface area contributed by atoms with Gasteiger partial charge in [0.15, 0.2) is 0 Å². The number of hydrazine groups is 1. The maximum Gasteiger partial charge on any atom is 0.128 e. The molecule has 110 valence electrons. The molecular weight excluding hydrogens is 267 g/mol. The summed E-state index contributed by atoms with van der Waals surface area (Å²) in [6, 6.07) is 14.7. The van der Waals surface area contributed by atoms with Crippen LogP contribution in [0, 0.1) is 5.82 Å². The molecular formula is C17H19FN2O. The summed E-state index contributed by atoms with van der Waals surface area (Å²) in [7, 11) is 0. The first-order chi connectivity index (χ1) is 10.3. The minimum absolute atomic E-state index is 0.0596. The van der Waals surface area contributed by atoms with E-state index >= 15 is 0 Å². The summed E-state index contributed by atoms with van der Waals surface area (Å²) >= 11 is 0. The average Bonchev–Trinajstić information content (AvgIpc) is 2.53. The van der Waals surface area contributed by atoms with E-state index in [4.69, 9.17) is 10.6 Å². The molecule has 3 rings (SSSR count). The molecule has 4 heteroatoms. The van der Waals surface area contributed by atoms with Gasteiger partial charge in [-0.15, -0.1) is 0 Å². The van der Waals surface area contributed by atoms with Gasteiger partial charge in [-0.1, -0.05) is 42.5 Å². The fourth-order valence-electron chi connectivity index (χ4n) is 2.93. The molecule has 1 aliphatic heterocycles. The van der Waals surface area contributed by atoms with E-state index in [1.807, 2.05) is 18.2 Å². The molecule has 0 bridgehead atoms. The third-order valence-electron chi connectivity index (χ3n) is 4.02. The van der Waals surface area contributed by atoms with Crippen molar-refractivity contribution in [3.63, 3.8) is 0 Å². The van der Waals surface area contributed by atoms with Crippen LogP contribution >= 0.6 is 0 Å². The van der Waals surface area contributed by atoms with Gasteiger partial charge in [-0.25, -0.2) is 4.39 Å². The largest absolute Gasteiger partial charge is 0.373 e. The van der Waals surface area contributed by atoms with Gasteiger partial charge < -0.3 is 4.74 Å². The van der Waals surface area contributed by atoms with E-state index in [1.165, 1.54) is 17.2 Å². The topological polar surface area (TPSA) is 47.3 Å². The molecule has 2 atom stereocenters. The standard InChI is InChI=1S/C17H19FN2O/c18-15-8-4-3-7-14(15)16(20-19)11-17-13-6-2-1-5-12(13)9-10-21-17/h1-8,16-17,20H,9-11,19H2.